The minimum atomic E-state index is -4.94. The van der Waals surface area contributed by atoms with E-state index in [-0.39, 0.29) is 19.3 Å². The molecule has 0 aromatic carbocycles. The molecule has 0 bridgehead atoms. The lowest BCUT2D eigenvalue weighted by atomic mass is 10.0. The predicted octanol–water partition coefficient (Wildman–Crippen LogP) is 23.1. The van der Waals surface area contributed by atoms with Gasteiger partial charge in [-0.25, -0.2) is 9.13 Å². The van der Waals surface area contributed by atoms with Gasteiger partial charge in [-0.05, 0) is 122 Å². The van der Waals surface area contributed by atoms with Crippen molar-refractivity contribution in [1.29, 1.82) is 0 Å². The van der Waals surface area contributed by atoms with Crippen molar-refractivity contribution < 1.29 is 75.8 Å². The Morgan fingerprint density at radius 2 is 0.554 bits per heavy atom. The van der Waals surface area contributed by atoms with Crippen LogP contribution >= 0.6 is 15.6 Å². The zero-order chi connectivity index (χ0) is 73.7. The molecule has 0 saturated heterocycles. The molecule has 18 heteroatoms. The molecular formula is C83H142O16P2. The van der Waals surface area contributed by atoms with Gasteiger partial charge in [0.1, 0.15) is 25.4 Å². The van der Waals surface area contributed by atoms with Gasteiger partial charge in [-0.1, -0.05) is 309 Å². The van der Waals surface area contributed by atoms with E-state index in [4.69, 9.17) is 32.3 Å². The van der Waals surface area contributed by atoms with Crippen molar-refractivity contribution in [2.75, 3.05) is 39.6 Å². The molecule has 0 radical (unpaired) electrons. The third-order valence-electron chi connectivity index (χ3n) is 16.3. The first-order valence-corrected chi connectivity index (χ1v) is 42.5. The predicted molar refractivity (Wildman–Crippen MR) is 417 cm³/mol. The van der Waals surface area contributed by atoms with E-state index in [1.807, 2.05) is 18.2 Å². The summed E-state index contributed by atoms with van der Waals surface area (Å²) in [5, 5.41) is 20.6. The van der Waals surface area contributed by atoms with Gasteiger partial charge in [-0.15, -0.1) is 0 Å². The van der Waals surface area contributed by atoms with Crippen LogP contribution in [-0.4, -0.2) is 95.9 Å². The topological polar surface area (TPSA) is 231 Å². The SMILES string of the molecule is CC/C=C\C/C=C\C/C=C\C/C=C\C/C=C\C/C=C\CCC(=O)OCC(COP(=O)(O)OCC(O)COP(=O)(O)OCC(O)COC(=O)CCCCCCCCCCCCCCCCCCCCC/C=C\C/C=C\C/C=C\C/C=C\CCCCC)OC(=O)CCCCCCC/C=C\CCCC. The highest BCUT2D eigenvalue weighted by atomic mass is 31.2. The Kier molecular flexibility index (Phi) is 72.2. The molecule has 5 unspecified atom stereocenters. The van der Waals surface area contributed by atoms with Crippen LogP contribution in [0.1, 0.15) is 316 Å². The lowest BCUT2D eigenvalue weighted by Crippen LogP contribution is -2.30. The zero-order valence-corrected chi connectivity index (χ0v) is 65.1. The molecule has 0 aromatic rings. The lowest BCUT2D eigenvalue weighted by molar-refractivity contribution is -0.161. The van der Waals surface area contributed by atoms with Crippen LogP contribution in [0.15, 0.2) is 134 Å². The number of phosphoric ester groups is 2. The molecule has 0 amide bonds. The number of aliphatic hydroxyl groups excluding tert-OH is 2. The Balaban J connectivity index is 4.36. The number of aliphatic hydroxyl groups is 2. The summed E-state index contributed by atoms with van der Waals surface area (Å²) in [5.41, 5.74) is 0. The summed E-state index contributed by atoms with van der Waals surface area (Å²) in [6.07, 6.45) is 91.3. The van der Waals surface area contributed by atoms with E-state index in [2.05, 4.69) is 136 Å². The molecule has 4 N–H and O–H groups in total. The molecule has 0 aromatic heterocycles. The molecule has 0 aliphatic rings. The van der Waals surface area contributed by atoms with Crippen molar-refractivity contribution in [3.63, 3.8) is 0 Å². The fourth-order valence-electron chi connectivity index (χ4n) is 10.3. The van der Waals surface area contributed by atoms with Gasteiger partial charge < -0.3 is 34.2 Å². The Morgan fingerprint density at radius 3 is 0.931 bits per heavy atom. The van der Waals surface area contributed by atoms with Crippen molar-refractivity contribution in [3.8, 4) is 0 Å². The maximum Gasteiger partial charge on any atom is 0.472 e. The monoisotopic (exact) mass is 1460 g/mol. The molecule has 0 aliphatic heterocycles. The summed E-state index contributed by atoms with van der Waals surface area (Å²) in [6, 6.07) is 0. The quantitative estimate of drug-likeness (QED) is 0.0146. The number of ether oxygens (including phenoxy) is 3. The average Bonchev–Trinajstić information content (AvgIpc) is 0.957. The fraction of sp³-hybridized carbons (Fsp3) is 0.699. The molecule has 580 valence electrons. The lowest BCUT2D eigenvalue weighted by Gasteiger charge is -2.21. The standard InChI is InChI=1S/C83H142O16P2/c1-4-7-10-13-16-19-22-24-26-28-30-31-32-33-34-35-36-37-38-39-40-41-42-43-44-45-47-49-50-52-55-57-60-63-66-69-81(86)93-72-78(84)73-95-100(89,90)96-74-79(85)75-97-101(91,92)98-77-80(99-83(88)71-68-65-62-59-54-21-18-15-12-9-6-3)76-94-82(87)70-67-64-61-58-56-53-51-48-46-29-27-25-23-20-17-14-11-8-5-2/h8,11,15-20,24-27,30-31,33-34,46,48,53,56,61,64,78-80,84-85H,4-7,9-10,12-14,21-23,28-29,32,35-45,47,49-52,54-55,57-60,62-63,65-77H2,1-3H3,(H,89,90)(H,91,92)/b11-8-,18-15-,19-16-,20-17-,26-24-,27-25-,31-30-,34-33-,48-46-,56-53-,64-61-. The molecule has 16 nitrogen and oxygen atoms in total. The van der Waals surface area contributed by atoms with Gasteiger partial charge >= 0.3 is 33.6 Å². The first-order valence-electron chi connectivity index (χ1n) is 39.5. The van der Waals surface area contributed by atoms with Crippen LogP contribution < -0.4 is 0 Å². The molecule has 0 spiro atoms. The molecule has 0 heterocycles. The van der Waals surface area contributed by atoms with Crippen LogP contribution in [0.2, 0.25) is 0 Å². The van der Waals surface area contributed by atoms with Crippen molar-refractivity contribution in [2.24, 2.45) is 0 Å². The second kappa shape index (κ2) is 75.4. The minimum Gasteiger partial charge on any atom is -0.463 e. The Labute approximate surface area is 614 Å². The largest absolute Gasteiger partial charge is 0.472 e. The van der Waals surface area contributed by atoms with Gasteiger partial charge in [0.15, 0.2) is 6.10 Å². The second-order valence-corrected chi connectivity index (χ2v) is 29.0. The molecule has 0 fully saturated rings. The number of esters is 3. The van der Waals surface area contributed by atoms with E-state index < -0.39 is 91.5 Å². The highest BCUT2D eigenvalue weighted by Crippen LogP contribution is 2.45. The Bertz CT molecular complexity index is 2370. The maximum atomic E-state index is 12.9. The molecule has 101 heavy (non-hydrogen) atoms. The smallest absolute Gasteiger partial charge is 0.463 e. The average molecular weight is 1460 g/mol. The zero-order valence-electron chi connectivity index (χ0n) is 63.3. The van der Waals surface area contributed by atoms with E-state index in [0.717, 1.165) is 109 Å². The number of rotatable bonds is 74. The number of carbonyl (C=O) groups excluding carboxylic acids is 3. The summed E-state index contributed by atoms with van der Waals surface area (Å²) < 4.78 is 60.9. The van der Waals surface area contributed by atoms with Gasteiger partial charge in [0.05, 0.1) is 26.4 Å². The van der Waals surface area contributed by atoms with Gasteiger partial charge in [0.25, 0.3) is 0 Å². The summed E-state index contributed by atoms with van der Waals surface area (Å²) in [4.78, 5) is 58.4. The van der Waals surface area contributed by atoms with Crippen LogP contribution in [0.4, 0.5) is 0 Å². The first-order chi connectivity index (χ1) is 49.2. The number of hydrogen-bond donors (Lipinski definition) is 4. The van der Waals surface area contributed by atoms with Gasteiger partial charge in [-0.2, -0.15) is 0 Å². The Hall–Kier alpha value is -4.31. The summed E-state index contributed by atoms with van der Waals surface area (Å²) >= 11 is 0. The molecular weight excluding hydrogens is 1310 g/mol. The molecule has 0 aliphatic carbocycles. The van der Waals surface area contributed by atoms with Crippen molar-refractivity contribution in [1.82, 2.24) is 0 Å². The summed E-state index contributed by atoms with van der Waals surface area (Å²) in [6.45, 7) is 2.39. The van der Waals surface area contributed by atoms with E-state index in [1.54, 1.807) is 0 Å². The van der Waals surface area contributed by atoms with Gasteiger partial charge in [0, 0.05) is 19.3 Å². The summed E-state index contributed by atoms with van der Waals surface area (Å²) in [7, 11) is -9.80. The molecule has 0 rings (SSSR count). The van der Waals surface area contributed by atoms with Gasteiger partial charge in [-0.3, -0.25) is 32.5 Å². The van der Waals surface area contributed by atoms with E-state index in [0.29, 0.717) is 25.7 Å². The van der Waals surface area contributed by atoms with Crippen LogP contribution in [0.3, 0.4) is 0 Å². The number of phosphoric acid groups is 2. The number of hydrogen-bond acceptors (Lipinski definition) is 14. The summed E-state index contributed by atoms with van der Waals surface area (Å²) in [5.74, 6) is -1.68. The minimum absolute atomic E-state index is 0.0413. The second-order valence-electron chi connectivity index (χ2n) is 26.1. The van der Waals surface area contributed by atoms with Crippen molar-refractivity contribution in [2.45, 2.75) is 334 Å². The fourth-order valence-corrected chi connectivity index (χ4v) is 11.9. The Morgan fingerprint density at radius 1 is 0.287 bits per heavy atom. The van der Waals surface area contributed by atoms with Gasteiger partial charge in [0.2, 0.25) is 0 Å². The number of unbranched alkanes of at least 4 members (excludes halogenated alkanes) is 29. The van der Waals surface area contributed by atoms with Crippen molar-refractivity contribution in [3.05, 3.63) is 134 Å². The third kappa shape index (κ3) is 76.6. The van der Waals surface area contributed by atoms with E-state index in [9.17, 15) is 43.5 Å². The maximum absolute atomic E-state index is 12.9. The van der Waals surface area contributed by atoms with E-state index >= 15 is 0 Å². The third-order valence-corrected chi connectivity index (χ3v) is 18.2. The van der Waals surface area contributed by atoms with Crippen LogP contribution in [0, 0.1) is 0 Å². The normalized spacial score (nSPS) is 14.7. The highest BCUT2D eigenvalue weighted by molar-refractivity contribution is 7.47. The van der Waals surface area contributed by atoms with Crippen LogP contribution in [-0.2, 0) is 55.8 Å². The van der Waals surface area contributed by atoms with E-state index in [1.165, 1.54) is 141 Å². The number of allylic oxidation sites excluding steroid dienone is 22. The number of carbonyl (C=O) groups is 3. The van der Waals surface area contributed by atoms with Crippen LogP contribution in [0.25, 0.3) is 0 Å². The first kappa shape index (κ1) is 96.7. The molecule has 5 atom stereocenters. The molecule has 0 saturated carbocycles. The van der Waals surface area contributed by atoms with Crippen molar-refractivity contribution >= 4 is 33.6 Å². The van der Waals surface area contributed by atoms with Crippen LogP contribution in [0.5, 0.6) is 0 Å². The highest BCUT2D eigenvalue weighted by Gasteiger charge is 2.29.